The van der Waals surface area contributed by atoms with Crippen LogP contribution in [0.5, 0.6) is 0 Å². The van der Waals surface area contributed by atoms with Crippen LogP contribution in [0.1, 0.15) is 40.0 Å². The average molecular weight is 342 g/mol. The lowest BCUT2D eigenvalue weighted by atomic mass is 9.75. The van der Waals surface area contributed by atoms with E-state index in [0.29, 0.717) is 13.0 Å². The van der Waals surface area contributed by atoms with Crippen molar-refractivity contribution in [2.45, 2.75) is 62.9 Å². The van der Waals surface area contributed by atoms with Crippen LogP contribution in [-0.4, -0.2) is 95.4 Å². The number of hydrogen-bond donors (Lipinski definition) is 2. The first-order chi connectivity index (χ1) is 11.3. The van der Waals surface area contributed by atoms with Gasteiger partial charge < -0.3 is 24.6 Å². The highest BCUT2D eigenvalue weighted by Crippen LogP contribution is 2.40. The molecular weight excluding hydrogens is 308 g/mol. The molecule has 3 heterocycles. The van der Waals surface area contributed by atoms with Crippen molar-refractivity contribution in [3.05, 3.63) is 0 Å². The summed E-state index contributed by atoms with van der Waals surface area (Å²) in [6.07, 6.45) is 1.27. The van der Waals surface area contributed by atoms with Crippen molar-refractivity contribution >= 4 is 0 Å². The summed E-state index contributed by atoms with van der Waals surface area (Å²) in [4.78, 5) is 4.98. The number of morpholine rings is 1. The van der Waals surface area contributed by atoms with E-state index in [2.05, 4.69) is 23.6 Å². The van der Waals surface area contributed by atoms with Gasteiger partial charge in [-0.3, -0.25) is 4.90 Å². The zero-order chi connectivity index (χ0) is 17.4. The lowest BCUT2D eigenvalue weighted by molar-refractivity contribution is -0.246. The first kappa shape index (κ1) is 18.5. The molecule has 2 N–H and O–H groups in total. The van der Waals surface area contributed by atoms with Crippen molar-refractivity contribution in [2.75, 3.05) is 52.5 Å². The Morgan fingerprint density at radius 2 is 1.67 bits per heavy atom. The van der Waals surface area contributed by atoms with E-state index in [1.54, 1.807) is 6.92 Å². The molecular formula is C18H34N2O4. The number of ether oxygens (including phenoxy) is 2. The molecule has 3 aliphatic heterocycles. The van der Waals surface area contributed by atoms with Crippen LogP contribution >= 0.6 is 0 Å². The summed E-state index contributed by atoms with van der Waals surface area (Å²) in [6, 6.07) is 0. The molecule has 0 aliphatic carbocycles. The van der Waals surface area contributed by atoms with E-state index in [1.807, 2.05) is 0 Å². The first-order valence-electron chi connectivity index (χ1n) is 9.35. The molecule has 0 aromatic heterocycles. The molecule has 24 heavy (non-hydrogen) atoms. The van der Waals surface area contributed by atoms with E-state index in [4.69, 9.17) is 9.47 Å². The highest BCUT2D eigenvalue weighted by Gasteiger charge is 2.52. The van der Waals surface area contributed by atoms with E-state index >= 15 is 0 Å². The molecule has 0 unspecified atom stereocenters. The highest BCUT2D eigenvalue weighted by molar-refractivity contribution is 5.04. The van der Waals surface area contributed by atoms with Gasteiger partial charge in [0.25, 0.3) is 0 Å². The van der Waals surface area contributed by atoms with Crippen LogP contribution in [0.4, 0.5) is 0 Å². The Hall–Kier alpha value is -0.240. The minimum Gasteiger partial charge on any atom is -0.387 e. The molecule has 3 aliphatic rings. The fourth-order valence-electron chi connectivity index (χ4n) is 4.57. The molecule has 2 atom stereocenters. The number of likely N-dealkylation sites (tertiary alicyclic amines) is 1. The van der Waals surface area contributed by atoms with Crippen LogP contribution in [0.15, 0.2) is 0 Å². The highest BCUT2D eigenvalue weighted by atomic mass is 16.5. The Morgan fingerprint density at radius 3 is 2.29 bits per heavy atom. The second-order valence-corrected chi connectivity index (χ2v) is 8.61. The second kappa shape index (κ2) is 6.82. The van der Waals surface area contributed by atoms with Gasteiger partial charge in [-0.15, -0.1) is 0 Å². The third-order valence-electron chi connectivity index (χ3n) is 6.27. The molecule has 0 aromatic carbocycles. The lowest BCUT2D eigenvalue weighted by Gasteiger charge is -2.52. The topological polar surface area (TPSA) is 65.4 Å². The van der Waals surface area contributed by atoms with Crippen molar-refractivity contribution in [2.24, 2.45) is 0 Å². The molecule has 3 saturated heterocycles. The quantitative estimate of drug-likeness (QED) is 0.777. The summed E-state index contributed by atoms with van der Waals surface area (Å²) in [5, 5.41) is 21.0. The van der Waals surface area contributed by atoms with Gasteiger partial charge in [0.15, 0.2) is 0 Å². The zero-order valence-corrected chi connectivity index (χ0v) is 15.5. The Labute approximate surface area is 145 Å². The monoisotopic (exact) mass is 342 g/mol. The molecule has 0 bridgehead atoms. The van der Waals surface area contributed by atoms with E-state index in [0.717, 1.165) is 58.8 Å². The van der Waals surface area contributed by atoms with Crippen LogP contribution in [0.3, 0.4) is 0 Å². The van der Waals surface area contributed by atoms with Crippen molar-refractivity contribution in [1.29, 1.82) is 0 Å². The summed E-state index contributed by atoms with van der Waals surface area (Å²) >= 11 is 0. The van der Waals surface area contributed by atoms with Crippen molar-refractivity contribution < 1.29 is 19.7 Å². The standard InChI is InChI=1S/C18H34N2O4/c1-16(2,20-9-12-23-13-10-20)14-19-7-4-18(5-8-19)15(21)17(3,22)6-11-24-18/h15,21-22H,4-14H2,1-3H3/t15-,17+/m0/s1. The Kier molecular flexibility index (Phi) is 5.27. The van der Waals surface area contributed by atoms with Gasteiger partial charge in [-0.05, 0) is 33.6 Å². The summed E-state index contributed by atoms with van der Waals surface area (Å²) in [5.41, 5.74) is -1.49. The second-order valence-electron chi connectivity index (χ2n) is 8.61. The van der Waals surface area contributed by atoms with E-state index in [1.165, 1.54) is 0 Å². The number of hydrogen-bond acceptors (Lipinski definition) is 6. The SMILES string of the molecule is CC(C)(CN1CCC2(CC1)OCC[C@@](C)(O)[C@@H]2O)N1CCOCC1. The molecule has 0 radical (unpaired) electrons. The van der Waals surface area contributed by atoms with Gasteiger partial charge in [-0.2, -0.15) is 0 Å². The van der Waals surface area contributed by atoms with Crippen LogP contribution in [0, 0.1) is 0 Å². The summed E-state index contributed by atoms with van der Waals surface area (Å²) in [7, 11) is 0. The molecule has 0 aromatic rings. The molecule has 6 nitrogen and oxygen atoms in total. The van der Waals surface area contributed by atoms with Crippen molar-refractivity contribution in [1.82, 2.24) is 9.80 Å². The number of piperidine rings is 1. The predicted molar refractivity (Wildman–Crippen MR) is 92.1 cm³/mol. The minimum absolute atomic E-state index is 0.117. The summed E-state index contributed by atoms with van der Waals surface area (Å²) in [5.74, 6) is 0. The summed E-state index contributed by atoms with van der Waals surface area (Å²) in [6.45, 7) is 13.3. The molecule has 1 spiro atoms. The van der Waals surface area contributed by atoms with Crippen LogP contribution in [0.2, 0.25) is 0 Å². The maximum absolute atomic E-state index is 10.6. The van der Waals surface area contributed by atoms with E-state index in [-0.39, 0.29) is 5.54 Å². The normalized spacial score (nSPS) is 36.1. The minimum atomic E-state index is -1.03. The molecule has 3 fully saturated rings. The van der Waals surface area contributed by atoms with Crippen LogP contribution in [-0.2, 0) is 9.47 Å². The van der Waals surface area contributed by atoms with E-state index < -0.39 is 17.3 Å². The maximum atomic E-state index is 10.6. The third-order valence-corrected chi connectivity index (χ3v) is 6.27. The Morgan fingerprint density at radius 1 is 1.04 bits per heavy atom. The largest absolute Gasteiger partial charge is 0.387 e. The molecule has 140 valence electrons. The molecule has 6 heteroatoms. The van der Waals surface area contributed by atoms with Gasteiger partial charge in [0, 0.05) is 44.7 Å². The number of aliphatic hydroxyl groups is 2. The van der Waals surface area contributed by atoms with Gasteiger partial charge in [-0.1, -0.05) is 0 Å². The number of rotatable bonds is 3. The van der Waals surface area contributed by atoms with Gasteiger partial charge in [-0.25, -0.2) is 0 Å². The fourth-order valence-corrected chi connectivity index (χ4v) is 4.57. The number of nitrogens with zero attached hydrogens (tertiary/aromatic N) is 2. The van der Waals surface area contributed by atoms with Gasteiger partial charge >= 0.3 is 0 Å². The van der Waals surface area contributed by atoms with Crippen molar-refractivity contribution in [3.8, 4) is 0 Å². The zero-order valence-electron chi connectivity index (χ0n) is 15.5. The lowest BCUT2D eigenvalue weighted by Crippen LogP contribution is -2.65. The summed E-state index contributed by atoms with van der Waals surface area (Å²) < 4.78 is 11.5. The Bertz CT molecular complexity index is 427. The van der Waals surface area contributed by atoms with Gasteiger partial charge in [0.05, 0.1) is 31.0 Å². The fraction of sp³-hybridized carbons (Fsp3) is 1.00. The molecule has 0 saturated carbocycles. The van der Waals surface area contributed by atoms with Crippen molar-refractivity contribution in [3.63, 3.8) is 0 Å². The van der Waals surface area contributed by atoms with Crippen LogP contribution < -0.4 is 0 Å². The maximum Gasteiger partial charge on any atom is 0.111 e. The number of aliphatic hydroxyl groups excluding tert-OH is 1. The van der Waals surface area contributed by atoms with E-state index in [9.17, 15) is 10.2 Å². The first-order valence-corrected chi connectivity index (χ1v) is 9.35. The molecule has 3 rings (SSSR count). The third kappa shape index (κ3) is 3.64. The average Bonchev–Trinajstić information content (AvgIpc) is 2.55. The van der Waals surface area contributed by atoms with Crippen LogP contribution in [0.25, 0.3) is 0 Å². The van der Waals surface area contributed by atoms with Gasteiger partial charge in [0.2, 0.25) is 0 Å². The predicted octanol–water partition coefficient (Wildman–Crippen LogP) is 0.464. The smallest absolute Gasteiger partial charge is 0.111 e. The van der Waals surface area contributed by atoms with Gasteiger partial charge in [0.1, 0.15) is 6.10 Å². The molecule has 0 amide bonds. The Balaban J connectivity index is 1.57.